The molecule has 0 aliphatic rings. The van der Waals surface area contributed by atoms with Crippen LogP contribution in [-0.2, 0) is 4.79 Å². The minimum Gasteiger partial charge on any atom is -0.368 e. The number of amides is 2. The molecule has 3 N–H and O–H groups in total. The van der Waals surface area contributed by atoms with Gasteiger partial charge in [0, 0.05) is 12.4 Å². The summed E-state index contributed by atoms with van der Waals surface area (Å²) in [6, 6.07) is 1.46. The zero-order chi connectivity index (χ0) is 10.6. The van der Waals surface area contributed by atoms with Gasteiger partial charge in [-0.2, -0.15) is 0 Å². The first kappa shape index (κ1) is 10.5. The smallest absolute Gasteiger partial charge is 0.253 e. The second kappa shape index (κ2) is 4.57. The Hall–Kier alpha value is -1.62. The second-order valence-electron chi connectivity index (χ2n) is 2.50. The van der Waals surface area contributed by atoms with Crippen molar-refractivity contribution in [2.24, 2.45) is 5.73 Å². The van der Waals surface area contributed by atoms with Crippen molar-refractivity contribution >= 4 is 23.4 Å². The fraction of sp³-hybridized carbons (Fsp3) is 0.125. The van der Waals surface area contributed by atoms with Crippen molar-refractivity contribution in [2.45, 2.75) is 0 Å². The third-order valence-corrected chi connectivity index (χ3v) is 1.74. The predicted molar refractivity (Wildman–Crippen MR) is 50.8 cm³/mol. The molecule has 74 valence electrons. The lowest BCUT2D eigenvalue weighted by atomic mass is 10.2. The van der Waals surface area contributed by atoms with Crippen molar-refractivity contribution in [3.05, 3.63) is 29.0 Å². The van der Waals surface area contributed by atoms with Gasteiger partial charge in [0.25, 0.3) is 5.91 Å². The number of primary amides is 1. The molecule has 0 atom stereocenters. The van der Waals surface area contributed by atoms with Crippen LogP contribution < -0.4 is 11.1 Å². The van der Waals surface area contributed by atoms with E-state index in [1.807, 2.05) is 0 Å². The molecule has 5 nitrogen and oxygen atoms in total. The molecule has 1 aromatic heterocycles. The topological polar surface area (TPSA) is 85.1 Å². The lowest BCUT2D eigenvalue weighted by Crippen LogP contribution is -2.33. The maximum atomic E-state index is 11.3. The molecule has 1 rings (SSSR count). The number of nitrogens with two attached hydrogens (primary N) is 1. The van der Waals surface area contributed by atoms with Gasteiger partial charge in [0.2, 0.25) is 5.91 Å². The van der Waals surface area contributed by atoms with Crippen molar-refractivity contribution in [1.82, 2.24) is 10.3 Å². The van der Waals surface area contributed by atoms with E-state index in [0.29, 0.717) is 0 Å². The van der Waals surface area contributed by atoms with E-state index in [1.54, 1.807) is 0 Å². The number of hydrogen-bond acceptors (Lipinski definition) is 3. The standard InChI is InChI=1S/C8H8ClN3O2/c9-6-3-11-2-1-5(6)8(14)12-4-7(10)13/h1-3H,4H2,(H2,10,13)(H,12,14). The summed E-state index contributed by atoms with van der Waals surface area (Å²) in [5, 5.41) is 2.54. The van der Waals surface area contributed by atoms with Crippen LogP contribution in [0.15, 0.2) is 18.5 Å². The Morgan fingerprint density at radius 2 is 2.29 bits per heavy atom. The van der Waals surface area contributed by atoms with E-state index in [0.717, 1.165) is 0 Å². The van der Waals surface area contributed by atoms with Crippen LogP contribution in [0.1, 0.15) is 10.4 Å². The van der Waals surface area contributed by atoms with Crippen LogP contribution in [0.25, 0.3) is 0 Å². The molecule has 0 spiro atoms. The van der Waals surface area contributed by atoms with Crippen molar-refractivity contribution < 1.29 is 9.59 Å². The predicted octanol–water partition coefficient (Wildman–Crippen LogP) is -0.0499. The molecule has 1 heterocycles. The molecule has 0 saturated heterocycles. The van der Waals surface area contributed by atoms with Gasteiger partial charge in [-0.15, -0.1) is 0 Å². The molecule has 0 saturated carbocycles. The summed E-state index contributed by atoms with van der Waals surface area (Å²) < 4.78 is 0. The first-order valence-corrected chi connectivity index (χ1v) is 4.15. The lowest BCUT2D eigenvalue weighted by molar-refractivity contribution is -0.117. The molecule has 14 heavy (non-hydrogen) atoms. The number of nitrogens with zero attached hydrogens (tertiary/aromatic N) is 1. The first-order chi connectivity index (χ1) is 6.61. The summed E-state index contributed by atoms with van der Waals surface area (Å²) in [5.74, 6) is -1.06. The van der Waals surface area contributed by atoms with Gasteiger partial charge in [-0.25, -0.2) is 0 Å². The van der Waals surface area contributed by atoms with Crippen molar-refractivity contribution in [3.8, 4) is 0 Å². The first-order valence-electron chi connectivity index (χ1n) is 3.77. The Labute approximate surface area is 85.3 Å². The fourth-order valence-corrected chi connectivity index (χ4v) is 1.03. The maximum absolute atomic E-state index is 11.3. The monoisotopic (exact) mass is 213 g/mol. The Balaban J connectivity index is 2.70. The summed E-state index contributed by atoms with van der Waals surface area (Å²) in [7, 11) is 0. The second-order valence-corrected chi connectivity index (χ2v) is 2.91. The molecule has 6 heteroatoms. The van der Waals surface area contributed by atoms with Crippen LogP contribution >= 0.6 is 11.6 Å². The minimum atomic E-state index is -0.608. The third kappa shape index (κ3) is 2.70. The zero-order valence-electron chi connectivity index (χ0n) is 7.16. The van der Waals surface area contributed by atoms with Crippen LogP contribution in [0.3, 0.4) is 0 Å². The Morgan fingerprint density at radius 1 is 1.57 bits per heavy atom. The maximum Gasteiger partial charge on any atom is 0.253 e. The van der Waals surface area contributed by atoms with Gasteiger partial charge >= 0.3 is 0 Å². The van der Waals surface area contributed by atoms with Crippen LogP contribution in [0.5, 0.6) is 0 Å². The fourth-order valence-electron chi connectivity index (χ4n) is 0.822. The number of halogens is 1. The molecule has 2 amide bonds. The van der Waals surface area contributed by atoms with E-state index in [2.05, 4.69) is 10.3 Å². The number of nitrogens with one attached hydrogen (secondary N) is 1. The highest BCUT2D eigenvalue weighted by molar-refractivity contribution is 6.33. The van der Waals surface area contributed by atoms with Gasteiger partial charge < -0.3 is 11.1 Å². The minimum absolute atomic E-state index is 0.211. The van der Waals surface area contributed by atoms with Crippen molar-refractivity contribution in [1.29, 1.82) is 0 Å². The summed E-state index contributed by atoms with van der Waals surface area (Å²) >= 11 is 5.69. The van der Waals surface area contributed by atoms with Gasteiger partial charge in [0.1, 0.15) is 0 Å². The quantitative estimate of drug-likeness (QED) is 0.738. The zero-order valence-corrected chi connectivity index (χ0v) is 7.91. The lowest BCUT2D eigenvalue weighted by Gasteiger charge is -2.03. The van der Waals surface area contributed by atoms with Gasteiger partial charge in [0.15, 0.2) is 0 Å². The summed E-state index contributed by atoms with van der Waals surface area (Å²) in [6.07, 6.45) is 2.78. The summed E-state index contributed by atoms with van der Waals surface area (Å²) in [4.78, 5) is 25.4. The van der Waals surface area contributed by atoms with Gasteiger partial charge in [0.05, 0.1) is 17.1 Å². The van der Waals surface area contributed by atoms with Crippen LogP contribution in [0.2, 0.25) is 5.02 Å². The summed E-state index contributed by atoms with van der Waals surface area (Å²) in [6.45, 7) is -0.211. The molecule has 0 unspecified atom stereocenters. The number of hydrogen-bond donors (Lipinski definition) is 2. The Morgan fingerprint density at radius 3 is 2.86 bits per heavy atom. The molecular formula is C8H8ClN3O2. The average Bonchev–Trinajstić information content (AvgIpc) is 2.15. The van der Waals surface area contributed by atoms with Crippen LogP contribution in [-0.4, -0.2) is 23.3 Å². The molecule has 0 bridgehead atoms. The van der Waals surface area contributed by atoms with E-state index in [4.69, 9.17) is 17.3 Å². The Bertz CT molecular complexity index is 367. The van der Waals surface area contributed by atoms with E-state index in [9.17, 15) is 9.59 Å². The Kier molecular flexibility index (Phi) is 3.41. The van der Waals surface area contributed by atoms with Gasteiger partial charge in [-0.3, -0.25) is 14.6 Å². The molecule has 0 radical (unpaired) electrons. The number of pyridine rings is 1. The van der Waals surface area contributed by atoms with E-state index >= 15 is 0 Å². The summed E-state index contributed by atoms with van der Waals surface area (Å²) in [5.41, 5.74) is 5.12. The van der Waals surface area contributed by atoms with E-state index < -0.39 is 11.8 Å². The molecular weight excluding hydrogens is 206 g/mol. The van der Waals surface area contributed by atoms with Crippen molar-refractivity contribution in [3.63, 3.8) is 0 Å². The highest BCUT2D eigenvalue weighted by atomic mass is 35.5. The molecule has 0 aromatic carbocycles. The average molecular weight is 214 g/mol. The number of aromatic nitrogens is 1. The van der Waals surface area contributed by atoms with E-state index in [-0.39, 0.29) is 17.1 Å². The SMILES string of the molecule is NC(=O)CNC(=O)c1ccncc1Cl. The normalized spacial score (nSPS) is 9.50. The number of carbonyl (C=O) groups is 2. The van der Waals surface area contributed by atoms with Crippen molar-refractivity contribution in [2.75, 3.05) is 6.54 Å². The van der Waals surface area contributed by atoms with Crippen LogP contribution in [0.4, 0.5) is 0 Å². The highest BCUT2D eigenvalue weighted by Crippen LogP contribution is 2.12. The van der Waals surface area contributed by atoms with E-state index in [1.165, 1.54) is 18.5 Å². The highest BCUT2D eigenvalue weighted by Gasteiger charge is 2.09. The van der Waals surface area contributed by atoms with Gasteiger partial charge in [-0.1, -0.05) is 11.6 Å². The molecule has 1 aromatic rings. The van der Waals surface area contributed by atoms with Crippen LogP contribution in [0, 0.1) is 0 Å². The molecule has 0 fully saturated rings. The number of carbonyl (C=O) groups excluding carboxylic acids is 2. The largest absolute Gasteiger partial charge is 0.368 e. The van der Waals surface area contributed by atoms with Gasteiger partial charge in [-0.05, 0) is 6.07 Å². The molecule has 0 aliphatic heterocycles. The third-order valence-electron chi connectivity index (χ3n) is 1.44. The number of rotatable bonds is 3. The molecule has 0 aliphatic carbocycles.